The number of aromatic nitrogens is 2. The fourth-order valence-corrected chi connectivity index (χ4v) is 0.220. The first-order valence-electron chi connectivity index (χ1n) is 1.66. The lowest BCUT2D eigenvalue weighted by Crippen LogP contribution is -2.02. The van der Waals surface area contributed by atoms with Crippen LogP contribution in [0.2, 0.25) is 0 Å². The first-order chi connectivity index (χ1) is 3.39. The van der Waals surface area contributed by atoms with Gasteiger partial charge in [-0.1, -0.05) is 5.10 Å². The highest BCUT2D eigenvalue weighted by molar-refractivity contribution is 5.85. The Hall–Kier alpha value is -0.900. The van der Waals surface area contributed by atoms with Crippen LogP contribution in [0.4, 0.5) is 0 Å². The van der Waals surface area contributed by atoms with Crippen LogP contribution >= 0.6 is 12.4 Å². The Morgan fingerprint density at radius 2 is 2.38 bits per heavy atom. The highest BCUT2D eigenvalue weighted by Crippen LogP contribution is 1.60. The van der Waals surface area contributed by atoms with Gasteiger partial charge in [0, 0.05) is 0 Å². The largest absolute Gasteiger partial charge is 0.457 e. The molecule has 1 aromatic rings. The van der Waals surface area contributed by atoms with E-state index in [1.807, 2.05) is 0 Å². The van der Waals surface area contributed by atoms with Crippen LogP contribution in [-0.2, 0) is 0 Å². The predicted molar refractivity (Wildman–Crippen MR) is 27.8 cm³/mol. The zero-order valence-electron chi connectivity index (χ0n) is 3.77. The number of rotatable bonds is 0. The first kappa shape index (κ1) is 7.10. The van der Waals surface area contributed by atoms with Gasteiger partial charge in [-0.25, -0.2) is 4.79 Å². The maximum absolute atomic E-state index is 9.93. The molecular formula is C3H3ClN2O2. The number of halogens is 1. The van der Waals surface area contributed by atoms with Gasteiger partial charge in [0.1, 0.15) is 6.26 Å². The van der Waals surface area contributed by atoms with Gasteiger partial charge >= 0.3 is 5.76 Å². The molecule has 0 aliphatic rings. The average molecular weight is 135 g/mol. The van der Waals surface area contributed by atoms with E-state index >= 15 is 0 Å². The van der Waals surface area contributed by atoms with Crippen LogP contribution in [0.15, 0.2) is 21.7 Å². The molecule has 0 aliphatic carbocycles. The van der Waals surface area contributed by atoms with Crippen molar-refractivity contribution in [2.45, 2.75) is 0 Å². The minimum absolute atomic E-state index is 0. The maximum Gasteiger partial charge on any atom is 0.457 e. The molecule has 0 unspecified atom stereocenters. The standard InChI is InChI=1S/C3H2N2O2.ClH/c6-3-5-4-1-2-7-3;/h1-2H;1H. The van der Waals surface area contributed by atoms with Crippen molar-refractivity contribution >= 4 is 12.4 Å². The summed E-state index contributed by atoms with van der Waals surface area (Å²) in [5.74, 6) is -0.664. The normalized spacial score (nSPS) is 7.50. The zero-order valence-corrected chi connectivity index (χ0v) is 4.59. The lowest BCUT2D eigenvalue weighted by molar-refractivity contribution is 0.465. The molecule has 0 amide bonds. The molecule has 0 bridgehead atoms. The summed E-state index contributed by atoms with van der Waals surface area (Å²) in [4.78, 5) is 9.93. The molecule has 0 saturated heterocycles. The minimum Gasteiger partial charge on any atom is -0.414 e. The molecule has 44 valence electrons. The Morgan fingerprint density at radius 3 is 2.62 bits per heavy atom. The van der Waals surface area contributed by atoms with E-state index in [2.05, 4.69) is 14.6 Å². The van der Waals surface area contributed by atoms with Crippen molar-refractivity contribution in [3.63, 3.8) is 0 Å². The first-order valence-corrected chi connectivity index (χ1v) is 1.66. The van der Waals surface area contributed by atoms with Gasteiger partial charge < -0.3 is 4.42 Å². The van der Waals surface area contributed by atoms with Crippen molar-refractivity contribution in [3.05, 3.63) is 23.0 Å². The van der Waals surface area contributed by atoms with Gasteiger partial charge in [0.15, 0.2) is 0 Å². The van der Waals surface area contributed by atoms with E-state index in [9.17, 15) is 4.79 Å². The molecule has 1 heterocycles. The highest BCUT2D eigenvalue weighted by Gasteiger charge is 1.75. The van der Waals surface area contributed by atoms with E-state index in [0.29, 0.717) is 0 Å². The van der Waals surface area contributed by atoms with Crippen molar-refractivity contribution in [1.29, 1.82) is 0 Å². The van der Waals surface area contributed by atoms with Crippen molar-refractivity contribution in [2.75, 3.05) is 0 Å². The van der Waals surface area contributed by atoms with Crippen LogP contribution in [-0.4, -0.2) is 10.2 Å². The second-order valence-electron chi connectivity index (χ2n) is 0.884. The van der Waals surface area contributed by atoms with Crippen molar-refractivity contribution in [3.8, 4) is 0 Å². The van der Waals surface area contributed by atoms with E-state index in [-0.39, 0.29) is 12.4 Å². The molecule has 1 rings (SSSR count). The Labute approximate surface area is 51.0 Å². The summed E-state index contributed by atoms with van der Waals surface area (Å²) < 4.78 is 4.20. The summed E-state index contributed by atoms with van der Waals surface area (Å²) in [5.41, 5.74) is 0. The molecule has 0 saturated carbocycles. The van der Waals surface area contributed by atoms with Gasteiger partial charge in [-0.3, -0.25) is 0 Å². The molecule has 0 radical (unpaired) electrons. The predicted octanol–water partition coefficient (Wildman–Crippen LogP) is -0.148. The van der Waals surface area contributed by atoms with Crippen LogP contribution in [0, 0.1) is 0 Å². The molecule has 0 aromatic carbocycles. The topological polar surface area (TPSA) is 56.0 Å². The van der Waals surface area contributed by atoms with Gasteiger partial charge in [-0.2, -0.15) is 0 Å². The molecule has 0 fully saturated rings. The number of hydrogen-bond acceptors (Lipinski definition) is 4. The van der Waals surface area contributed by atoms with Crippen LogP contribution in [0.25, 0.3) is 0 Å². The van der Waals surface area contributed by atoms with E-state index < -0.39 is 5.76 Å². The van der Waals surface area contributed by atoms with Crippen molar-refractivity contribution in [2.24, 2.45) is 0 Å². The van der Waals surface area contributed by atoms with E-state index in [0.717, 1.165) is 0 Å². The lowest BCUT2D eigenvalue weighted by Gasteiger charge is -1.70. The monoisotopic (exact) mass is 134 g/mol. The average Bonchev–Trinajstić information content (AvgIpc) is 1.69. The summed E-state index contributed by atoms with van der Waals surface area (Å²) in [6, 6.07) is 0. The summed E-state index contributed by atoms with van der Waals surface area (Å²) in [6.07, 6.45) is 2.47. The fraction of sp³-hybridized carbons (Fsp3) is 0. The molecule has 0 aliphatic heterocycles. The van der Waals surface area contributed by atoms with Gasteiger partial charge in [0.05, 0.1) is 6.20 Å². The smallest absolute Gasteiger partial charge is 0.414 e. The highest BCUT2D eigenvalue weighted by atomic mass is 35.5. The molecular weight excluding hydrogens is 131 g/mol. The minimum atomic E-state index is -0.664. The summed E-state index contributed by atoms with van der Waals surface area (Å²) in [5, 5.41) is 6.23. The third kappa shape index (κ3) is 1.70. The number of hydrogen-bond donors (Lipinski definition) is 0. The summed E-state index contributed by atoms with van der Waals surface area (Å²) in [6.45, 7) is 0. The van der Waals surface area contributed by atoms with Crippen LogP contribution in [0.1, 0.15) is 0 Å². The molecule has 0 spiro atoms. The van der Waals surface area contributed by atoms with Crippen LogP contribution < -0.4 is 5.76 Å². The Balaban J connectivity index is 0.000000490. The zero-order chi connectivity index (χ0) is 5.11. The van der Waals surface area contributed by atoms with Gasteiger partial charge in [0.25, 0.3) is 0 Å². The third-order valence-corrected chi connectivity index (χ3v) is 0.436. The molecule has 1 aromatic heterocycles. The lowest BCUT2D eigenvalue weighted by atomic mass is 11.0. The molecule has 5 heteroatoms. The van der Waals surface area contributed by atoms with Gasteiger partial charge in [-0.05, 0) is 0 Å². The quantitative estimate of drug-likeness (QED) is 0.495. The molecule has 0 atom stereocenters. The van der Waals surface area contributed by atoms with E-state index in [1.54, 1.807) is 0 Å². The van der Waals surface area contributed by atoms with Gasteiger partial charge in [-0.15, -0.1) is 17.5 Å². The Bertz CT molecular complexity index is 181. The Morgan fingerprint density at radius 1 is 1.62 bits per heavy atom. The Kier molecular flexibility index (Phi) is 2.79. The molecule has 8 heavy (non-hydrogen) atoms. The van der Waals surface area contributed by atoms with Crippen LogP contribution in [0.5, 0.6) is 0 Å². The van der Waals surface area contributed by atoms with E-state index in [4.69, 9.17) is 0 Å². The summed E-state index contributed by atoms with van der Waals surface area (Å²) >= 11 is 0. The van der Waals surface area contributed by atoms with Gasteiger partial charge in [0.2, 0.25) is 0 Å². The molecule has 4 nitrogen and oxygen atoms in total. The SMILES string of the molecule is Cl.O=c1nncco1. The van der Waals surface area contributed by atoms with E-state index in [1.165, 1.54) is 12.5 Å². The fourth-order valence-electron chi connectivity index (χ4n) is 0.220. The van der Waals surface area contributed by atoms with Crippen molar-refractivity contribution < 1.29 is 4.42 Å². The number of nitrogens with zero attached hydrogens (tertiary/aromatic N) is 2. The molecule has 0 N–H and O–H groups in total. The summed E-state index contributed by atoms with van der Waals surface area (Å²) in [7, 11) is 0. The second-order valence-corrected chi connectivity index (χ2v) is 0.884. The second kappa shape index (κ2) is 3.15. The maximum atomic E-state index is 9.93. The van der Waals surface area contributed by atoms with Crippen LogP contribution in [0.3, 0.4) is 0 Å². The third-order valence-electron chi connectivity index (χ3n) is 0.436. The van der Waals surface area contributed by atoms with Crippen molar-refractivity contribution in [1.82, 2.24) is 10.2 Å².